The standard InChI is InChI=1S/C16H21NOS/c1-3-13-5-7-14(8-6-13)18-12-16-10-9-15(19-16)11-17-4-2/h5-10,17H,3-4,11-12H2,1-2H3. The van der Waals surface area contributed by atoms with Gasteiger partial charge in [-0.25, -0.2) is 0 Å². The van der Waals surface area contributed by atoms with Crippen LogP contribution in [0, 0.1) is 0 Å². The maximum absolute atomic E-state index is 5.80. The molecule has 1 aromatic heterocycles. The van der Waals surface area contributed by atoms with Crippen molar-refractivity contribution in [1.82, 2.24) is 5.32 Å². The molecule has 102 valence electrons. The van der Waals surface area contributed by atoms with Gasteiger partial charge >= 0.3 is 0 Å². The number of aryl methyl sites for hydroxylation is 1. The molecule has 0 saturated heterocycles. The maximum Gasteiger partial charge on any atom is 0.122 e. The van der Waals surface area contributed by atoms with Crippen molar-refractivity contribution in [1.29, 1.82) is 0 Å². The van der Waals surface area contributed by atoms with Crippen molar-refractivity contribution < 1.29 is 4.74 Å². The lowest BCUT2D eigenvalue weighted by molar-refractivity contribution is 0.310. The van der Waals surface area contributed by atoms with E-state index in [1.165, 1.54) is 15.3 Å². The normalized spacial score (nSPS) is 10.6. The summed E-state index contributed by atoms with van der Waals surface area (Å²) in [6, 6.07) is 12.7. The number of ether oxygens (including phenoxy) is 1. The predicted molar refractivity (Wildman–Crippen MR) is 81.9 cm³/mol. The molecule has 0 radical (unpaired) electrons. The molecule has 0 saturated carbocycles. The van der Waals surface area contributed by atoms with Gasteiger partial charge in [0.15, 0.2) is 0 Å². The van der Waals surface area contributed by atoms with E-state index in [9.17, 15) is 0 Å². The molecule has 1 heterocycles. The molecule has 1 N–H and O–H groups in total. The molecule has 0 fully saturated rings. The van der Waals surface area contributed by atoms with Gasteiger partial charge in [-0.1, -0.05) is 26.0 Å². The summed E-state index contributed by atoms with van der Waals surface area (Å²) in [6.45, 7) is 6.90. The monoisotopic (exact) mass is 275 g/mol. The van der Waals surface area contributed by atoms with E-state index in [-0.39, 0.29) is 0 Å². The van der Waals surface area contributed by atoms with Crippen LogP contribution in [0.4, 0.5) is 0 Å². The van der Waals surface area contributed by atoms with Crippen LogP contribution in [0.2, 0.25) is 0 Å². The molecule has 0 bridgehead atoms. The van der Waals surface area contributed by atoms with Crippen molar-refractivity contribution >= 4 is 11.3 Å². The predicted octanol–water partition coefficient (Wildman–Crippen LogP) is 4.00. The fraction of sp³-hybridized carbons (Fsp3) is 0.375. The first kappa shape index (κ1) is 14.1. The Morgan fingerprint density at radius 1 is 1.00 bits per heavy atom. The van der Waals surface area contributed by atoms with E-state index in [2.05, 4.69) is 43.4 Å². The van der Waals surface area contributed by atoms with Crippen LogP contribution in [-0.4, -0.2) is 6.54 Å². The van der Waals surface area contributed by atoms with Gasteiger partial charge < -0.3 is 10.1 Å². The molecule has 0 aliphatic rings. The summed E-state index contributed by atoms with van der Waals surface area (Å²) in [5.41, 5.74) is 1.34. The summed E-state index contributed by atoms with van der Waals surface area (Å²) in [7, 11) is 0. The molecule has 0 aliphatic carbocycles. The molecule has 0 unspecified atom stereocenters. The number of thiophene rings is 1. The number of benzene rings is 1. The van der Waals surface area contributed by atoms with Crippen molar-refractivity contribution in [2.45, 2.75) is 33.4 Å². The molecular formula is C16H21NOS. The van der Waals surface area contributed by atoms with Crippen LogP contribution >= 0.6 is 11.3 Å². The van der Waals surface area contributed by atoms with E-state index >= 15 is 0 Å². The SMILES string of the molecule is CCNCc1ccc(COc2ccc(CC)cc2)s1. The Labute approximate surface area is 119 Å². The van der Waals surface area contributed by atoms with Crippen molar-refractivity contribution in [3.8, 4) is 5.75 Å². The van der Waals surface area contributed by atoms with Gasteiger partial charge in [-0.3, -0.25) is 0 Å². The van der Waals surface area contributed by atoms with E-state index in [0.29, 0.717) is 6.61 Å². The molecule has 2 nitrogen and oxygen atoms in total. The lowest BCUT2D eigenvalue weighted by Crippen LogP contribution is -2.10. The number of hydrogen-bond donors (Lipinski definition) is 1. The third-order valence-corrected chi connectivity index (χ3v) is 4.04. The van der Waals surface area contributed by atoms with Gasteiger partial charge in [0.1, 0.15) is 12.4 Å². The molecule has 2 aromatic rings. The topological polar surface area (TPSA) is 21.3 Å². The van der Waals surface area contributed by atoms with Crippen LogP contribution < -0.4 is 10.1 Å². The molecule has 0 atom stereocenters. The second kappa shape index (κ2) is 7.31. The molecule has 3 heteroatoms. The van der Waals surface area contributed by atoms with Gasteiger partial charge in [0.25, 0.3) is 0 Å². The second-order valence-corrected chi connectivity index (χ2v) is 5.69. The Hall–Kier alpha value is -1.32. The lowest BCUT2D eigenvalue weighted by Gasteiger charge is -2.05. The first-order valence-corrected chi connectivity index (χ1v) is 7.63. The maximum atomic E-state index is 5.80. The van der Waals surface area contributed by atoms with Gasteiger partial charge in [0.05, 0.1) is 0 Å². The van der Waals surface area contributed by atoms with Crippen LogP contribution in [0.1, 0.15) is 29.2 Å². The molecule has 2 rings (SSSR count). The van der Waals surface area contributed by atoms with Crippen LogP contribution in [0.5, 0.6) is 5.75 Å². The van der Waals surface area contributed by atoms with E-state index in [0.717, 1.165) is 25.3 Å². The highest BCUT2D eigenvalue weighted by Crippen LogP contribution is 2.19. The molecule has 1 aromatic carbocycles. The van der Waals surface area contributed by atoms with Crippen LogP contribution in [-0.2, 0) is 19.6 Å². The van der Waals surface area contributed by atoms with E-state index < -0.39 is 0 Å². The summed E-state index contributed by atoms with van der Waals surface area (Å²) >= 11 is 1.81. The lowest BCUT2D eigenvalue weighted by atomic mass is 10.2. The Morgan fingerprint density at radius 2 is 1.74 bits per heavy atom. The smallest absolute Gasteiger partial charge is 0.122 e. The third kappa shape index (κ3) is 4.37. The van der Waals surface area contributed by atoms with E-state index in [4.69, 9.17) is 4.74 Å². The van der Waals surface area contributed by atoms with E-state index in [1.807, 2.05) is 23.5 Å². The minimum atomic E-state index is 0.655. The largest absolute Gasteiger partial charge is 0.488 e. The summed E-state index contributed by atoms with van der Waals surface area (Å²) in [5, 5.41) is 3.33. The summed E-state index contributed by atoms with van der Waals surface area (Å²) in [6.07, 6.45) is 1.07. The van der Waals surface area contributed by atoms with Gasteiger partial charge in [0.2, 0.25) is 0 Å². The van der Waals surface area contributed by atoms with Gasteiger partial charge in [-0.15, -0.1) is 11.3 Å². The quantitative estimate of drug-likeness (QED) is 0.824. The van der Waals surface area contributed by atoms with Gasteiger partial charge in [-0.05, 0) is 42.8 Å². The highest BCUT2D eigenvalue weighted by atomic mass is 32.1. The first-order chi connectivity index (χ1) is 9.31. The van der Waals surface area contributed by atoms with Crippen LogP contribution in [0.3, 0.4) is 0 Å². The number of hydrogen-bond acceptors (Lipinski definition) is 3. The Balaban J connectivity index is 1.85. The third-order valence-electron chi connectivity index (χ3n) is 2.98. The average molecular weight is 275 g/mol. The first-order valence-electron chi connectivity index (χ1n) is 6.82. The van der Waals surface area contributed by atoms with Crippen molar-refractivity contribution in [2.24, 2.45) is 0 Å². The number of nitrogens with one attached hydrogen (secondary N) is 1. The Morgan fingerprint density at radius 3 is 2.42 bits per heavy atom. The van der Waals surface area contributed by atoms with Crippen molar-refractivity contribution in [3.63, 3.8) is 0 Å². The fourth-order valence-corrected chi connectivity index (χ4v) is 2.72. The summed E-state index contributed by atoms with van der Waals surface area (Å²) < 4.78 is 5.80. The van der Waals surface area contributed by atoms with Crippen molar-refractivity contribution in [3.05, 3.63) is 51.7 Å². The summed E-state index contributed by atoms with van der Waals surface area (Å²) in [5.74, 6) is 0.943. The zero-order valence-corrected chi connectivity index (χ0v) is 12.4. The molecule has 0 amide bonds. The number of rotatable bonds is 7. The zero-order valence-electron chi connectivity index (χ0n) is 11.6. The minimum absolute atomic E-state index is 0.655. The molecule has 0 aliphatic heterocycles. The summed E-state index contributed by atoms with van der Waals surface area (Å²) in [4.78, 5) is 2.63. The highest BCUT2D eigenvalue weighted by Gasteiger charge is 2.01. The second-order valence-electron chi connectivity index (χ2n) is 4.43. The van der Waals surface area contributed by atoms with Gasteiger partial charge in [-0.2, -0.15) is 0 Å². The fourth-order valence-electron chi connectivity index (χ4n) is 1.82. The molecule has 0 spiro atoms. The molecule has 19 heavy (non-hydrogen) atoms. The van der Waals surface area contributed by atoms with Crippen molar-refractivity contribution in [2.75, 3.05) is 6.54 Å². The highest BCUT2D eigenvalue weighted by molar-refractivity contribution is 7.11. The zero-order chi connectivity index (χ0) is 13.5. The Bertz CT molecular complexity index is 490. The minimum Gasteiger partial charge on any atom is -0.488 e. The van der Waals surface area contributed by atoms with E-state index in [1.54, 1.807) is 0 Å². The van der Waals surface area contributed by atoms with Crippen LogP contribution in [0.25, 0.3) is 0 Å². The average Bonchev–Trinajstić information content (AvgIpc) is 2.91. The Kier molecular flexibility index (Phi) is 5.43. The van der Waals surface area contributed by atoms with Crippen LogP contribution in [0.15, 0.2) is 36.4 Å². The molecular weight excluding hydrogens is 254 g/mol. The van der Waals surface area contributed by atoms with Gasteiger partial charge in [0, 0.05) is 16.3 Å².